The minimum absolute atomic E-state index is 0.0451. The lowest BCUT2D eigenvalue weighted by Gasteiger charge is -2.11. The monoisotopic (exact) mass is 360 g/mol. The summed E-state index contributed by atoms with van der Waals surface area (Å²) in [4.78, 5) is 12.8. The van der Waals surface area contributed by atoms with Crippen molar-refractivity contribution in [3.05, 3.63) is 58.4 Å². The second kappa shape index (κ2) is 5.48. The Balaban J connectivity index is 2.13. The zero-order valence-electron chi connectivity index (χ0n) is 13.3. The molecule has 0 saturated carbocycles. The van der Waals surface area contributed by atoms with E-state index in [-0.39, 0.29) is 16.7 Å². The third-order valence-electron chi connectivity index (χ3n) is 3.97. The van der Waals surface area contributed by atoms with Gasteiger partial charge < -0.3 is 5.73 Å². The van der Waals surface area contributed by atoms with Crippen molar-refractivity contribution in [3.63, 3.8) is 0 Å². The molecule has 1 aromatic carbocycles. The maximum Gasteiger partial charge on any atom is 0.268 e. The number of nitrogens with one attached hydrogen (secondary N) is 1. The van der Waals surface area contributed by atoms with E-state index in [1.165, 1.54) is 10.9 Å². The molecule has 4 aromatic rings. The Morgan fingerprint density at radius 1 is 1.19 bits per heavy atom. The summed E-state index contributed by atoms with van der Waals surface area (Å²) in [7, 11) is 1.69. The smallest absolute Gasteiger partial charge is 0.268 e. The SMILES string of the molecule is Cn1ccc(-c2cn(-c3c(F)cc(F)cc3F)c(=O)c3c(N)n[nH]c23)n1. The number of nitrogens with zero attached hydrogens (tertiary/aromatic N) is 4. The van der Waals surface area contributed by atoms with Gasteiger partial charge in [0, 0.05) is 37.1 Å². The van der Waals surface area contributed by atoms with Gasteiger partial charge >= 0.3 is 0 Å². The number of pyridine rings is 1. The van der Waals surface area contributed by atoms with Crippen molar-refractivity contribution in [3.8, 4) is 16.9 Å². The molecular formula is C16H11F3N6O. The molecule has 0 bridgehead atoms. The van der Waals surface area contributed by atoms with Crippen molar-refractivity contribution in [1.29, 1.82) is 0 Å². The van der Waals surface area contributed by atoms with Crippen LogP contribution < -0.4 is 11.3 Å². The summed E-state index contributed by atoms with van der Waals surface area (Å²) in [6.45, 7) is 0. The molecule has 4 rings (SSSR count). The minimum Gasteiger partial charge on any atom is -0.382 e. The Bertz CT molecular complexity index is 1200. The molecule has 3 aromatic heterocycles. The summed E-state index contributed by atoms with van der Waals surface area (Å²) in [5, 5.41) is 10.6. The normalized spacial score (nSPS) is 11.4. The van der Waals surface area contributed by atoms with Crippen LogP contribution in [0.25, 0.3) is 27.8 Å². The third kappa shape index (κ3) is 2.26. The number of hydrogen-bond acceptors (Lipinski definition) is 4. The average molecular weight is 360 g/mol. The van der Waals surface area contributed by atoms with E-state index in [0.717, 1.165) is 4.57 Å². The number of anilines is 1. The quantitative estimate of drug-likeness (QED) is 0.572. The second-order valence-corrected chi connectivity index (χ2v) is 5.67. The molecule has 0 unspecified atom stereocenters. The summed E-state index contributed by atoms with van der Waals surface area (Å²) in [6.07, 6.45) is 2.87. The minimum atomic E-state index is -1.22. The molecule has 0 amide bonds. The number of aromatic nitrogens is 5. The third-order valence-corrected chi connectivity index (χ3v) is 3.97. The highest BCUT2D eigenvalue weighted by atomic mass is 19.1. The first-order chi connectivity index (χ1) is 12.4. The largest absolute Gasteiger partial charge is 0.382 e. The first kappa shape index (κ1) is 15.9. The Labute approximate surface area is 143 Å². The van der Waals surface area contributed by atoms with E-state index in [0.29, 0.717) is 23.4 Å². The van der Waals surface area contributed by atoms with Crippen molar-refractivity contribution in [2.24, 2.45) is 7.05 Å². The Morgan fingerprint density at radius 3 is 2.50 bits per heavy atom. The van der Waals surface area contributed by atoms with Gasteiger partial charge in [0.2, 0.25) is 0 Å². The van der Waals surface area contributed by atoms with Gasteiger partial charge in [0.25, 0.3) is 5.56 Å². The molecule has 0 saturated heterocycles. The lowest BCUT2D eigenvalue weighted by atomic mass is 10.1. The van der Waals surface area contributed by atoms with E-state index in [4.69, 9.17) is 5.73 Å². The van der Waals surface area contributed by atoms with Crippen LogP contribution in [0.4, 0.5) is 19.0 Å². The molecule has 0 aliphatic rings. The Hall–Kier alpha value is -3.56. The number of rotatable bonds is 2. The zero-order chi connectivity index (χ0) is 18.6. The number of fused-ring (bicyclic) bond motifs is 1. The van der Waals surface area contributed by atoms with Crippen LogP contribution in [-0.4, -0.2) is 24.5 Å². The van der Waals surface area contributed by atoms with E-state index in [1.807, 2.05) is 0 Å². The van der Waals surface area contributed by atoms with E-state index in [9.17, 15) is 18.0 Å². The number of hydrogen-bond donors (Lipinski definition) is 2. The molecule has 0 radical (unpaired) electrons. The summed E-state index contributed by atoms with van der Waals surface area (Å²) < 4.78 is 43.9. The van der Waals surface area contributed by atoms with Crippen molar-refractivity contribution in [2.75, 3.05) is 5.73 Å². The van der Waals surface area contributed by atoms with Gasteiger partial charge in [-0.05, 0) is 6.07 Å². The highest BCUT2D eigenvalue weighted by molar-refractivity contribution is 5.97. The van der Waals surface area contributed by atoms with Gasteiger partial charge in [0.05, 0.1) is 11.2 Å². The molecule has 0 spiro atoms. The predicted octanol–water partition coefficient (Wildman–Crippen LogP) is 2.11. The van der Waals surface area contributed by atoms with Gasteiger partial charge in [-0.3, -0.25) is 19.1 Å². The van der Waals surface area contributed by atoms with Crippen molar-refractivity contribution < 1.29 is 13.2 Å². The number of nitrogens with two attached hydrogens (primary N) is 1. The van der Waals surface area contributed by atoms with Crippen LogP contribution in [0.1, 0.15) is 0 Å². The number of aryl methyl sites for hydroxylation is 1. The van der Waals surface area contributed by atoms with Crippen molar-refractivity contribution in [1.82, 2.24) is 24.5 Å². The molecule has 0 aliphatic carbocycles. The van der Waals surface area contributed by atoms with E-state index in [2.05, 4.69) is 15.3 Å². The number of benzene rings is 1. The highest BCUT2D eigenvalue weighted by Gasteiger charge is 2.21. The van der Waals surface area contributed by atoms with Crippen LogP contribution in [0, 0.1) is 17.5 Å². The molecule has 3 heterocycles. The lowest BCUT2D eigenvalue weighted by molar-refractivity contribution is 0.533. The zero-order valence-corrected chi connectivity index (χ0v) is 13.3. The Morgan fingerprint density at radius 2 is 1.88 bits per heavy atom. The summed E-state index contributed by atoms with van der Waals surface area (Å²) in [5.41, 5.74) is 5.31. The van der Waals surface area contributed by atoms with Crippen LogP contribution in [0.15, 0.2) is 35.4 Å². The summed E-state index contributed by atoms with van der Waals surface area (Å²) in [6, 6.07) is 2.64. The van der Waals surface area contributed by atoms with Gasteiger partial charge in [-0.2, -0.15) is 10.2 Å². The lowest BCUT2D eigenvalue weighted by Crippen LogP contribution is -2.21. The van der Waals surface area contributed by atoms with Crippen LogP contribution in [0.2, 0.25) is 0 Å². The number of nitrogen functional groups attached to an aromatic ring is 1. The number of aromatic amines is 1. The van der Waals surface area contributed by atoms with Gasteiger partial charge in [-0.15, -0.1) is 0 Å². The maximum absolute atomic E-state index is 14.2. The first-order valence-electron chi connectivity index (χ1n) is 7.41. The molecular weight excluding hydrogens is 349 g/mol. The fourth-order valence-electron chi connectivity index (χ4n) is 2.82. The average Bonchev–Trinajstić information content (AvgIpc) is 3.15. The Kier molecular flexibility index (Phi) is 3.36. The van der Waals surface area contributed by atoms with E-state index in [1.54, 1.807) is 19.3 Å². The van der Waals surface area contributed by atoms with Gasteiger partial charge in [-0.25, -0.2) is 13.2 Å². The molecule has 0 aliphatic heterocycles. The van der Waals surface area contributed by atoms with Gasteiger partial charge in [0.1, 0.15) is 16.9 Å². The molecule has 10 heteroatoms. The van der Waals surface area contributed by atoms with Crippen molar-refractivity contribution >= 4 is 16.7 Å². The maximum atomic E-state index is 14.2. The fraction of sp³-hybridized carbons (Fsp3) is 0.0625. The number of halogens is 3. The molecule has 132 valence electrons. The fourth-order valence-corrected chi connectivity index (χ4v) is 2.82. The van der Waals surface area contributed by atoms with E-state index < -0.39 is 28.7 Å². The van der Waals surface area contributed by atoms with E-state index >= 15 is 0 Å². The summed E-state index contributed by atoms with van der Waals surface area (Å²) in [5.74, 6) is -3.67. The van der Waals surface area contributed by atoms with Crippen LogP contribution >= 0.6 is 0 Å². The van der Waals surface area contributed by atoms with Crippen LogP contribution in [0.3, 0.4) is 0 Å². The molecule has 26 heavy (non-hydrogen) atoms. The summed E-state index contributed by atoms with van der Waals surface area (Å²) >= 11 is 0. The highest BCUT2D eigenvalue weighted by Crippen LogP contribution is 2.28. The topological polar surface area (TPSA) is 94.5 Å². The van der Waals surface area contributed by atoms with Crippen LogP contribution in [-0.2, 0) is 7.05 Å². The second-order valence-electron chi connectivity index (χ2n) is 5.67. The van der Waals surface area contributed by atoms with Gasteiger partial charge in [-0.1, -0.05) is 0 Å². The predicted molar refractivity (Wildman–Crippen MR) is 88.2 cm³/mol. The molecule has 7 nitrogen and oxygen atoms in total. The number of H-pyrrole nitrogens is 1. The molecule has 0 fully saturated rings. The standard InChI is InChI=1S/C16H11F3N6O/c1-24-3-2-11(23-24)8-6-25(14-9(18)4-7(17)5-10(14)19)16(26)12-13(8)21-22-15(12)20/h2-6H,1H3,(H3,20,21,22). The van der Waals surface area contributed by atoms with Crippen molar-refractivity contribution in [2.45, 2.75) is 0 Å². The van der Waals surface area contributed by atoms with Gasteiger partial charge in [0.15, 0.2) is 17.5 Å². The van der Waals surface area contributed by atoms with Crippen LogP contribution in [0.5, 0.6) is 0 Å². The molecule has 0 atom stereocenters. The molecule has 3 N–H and O–H groups in total. The first-order valence-corrected chi connectivity index (χ1v) is 7.41.